The number of carbonyl (C=O) groups excluding carboxylic acids is 1. The Balaban J connectivity index is 0.000000755. The molecule has 4 atom stereocenters. The minimum absolute atomic E-state index is 0.0410. The van der Waals surface area contributed by atoms with E-state index >= 15 is 0 Å². The van der Waals surface area contributed by atoms with Crippen LogP contribution in [0.3, 0.4) is 0 Å². The van der Waals surface area contributed by atoms with Gasteiger partial charge in [-0.2, -0.15) is 11.8 Å². The predicted molar refractivity (Wildman–Crippen MR) is 115 cm³/mol. The van der Waals surface area contributed by atoms with E-state index in [9.17, 15) is 4.79 Å². The van der Waals surface area contributed by atoms with Gasteiger partial charge in [0.2, 0.25) is 5.91 Å². The summed E-state index contributed by atoms with van der Waals surface area (Å²) in [6.45, 7) is 8.00. The van der Waals surface area contributed by atoms with Crippen molar-refractivity contribution in [2.45, 2.75) is 44.9 Å². The van der Waals surface area contributed by atoms with Crippen molar-refractivity contribution in [3.63, 3.8) is 0 Å². The van der Waals surface area contributed by atoms with E-state index in [2.05, 4.69) is 42.3 Å². The number of ether oxygens (including phenoxy) is 1. The van der Waals surface area contributed by atoms with Crippen LogP contribution in [0.25, 0.3) is 0 Å². The van der Waals surface area contributed by atoms with Crippen molar-refractivity contribution in [3.8, 4) is 0 Å². The first kappa shape index (κ1) is 22.1. The highest BCUT2D eigenvalue weighted by molar-refractivity contribution is 7.99. The summed E-state index contributed by atoms with van der Waals surface area (Å²) in [5.41, 5.74) is 4.16. The number of nitrogens with one attached hydrogen (secondary N) is 1. The van der Waals surface area contributed by atoms with E-state index in [0.717, 1.165) is 32.6 Å². The molecule has 3 aliphatic heterocycles. The van der Waals surface area contributed by atoms with Crippen molar-refractivity contribution in [1.82, 2.24) is 10.2 Å². The highest BCUT2D eigenvalue weighted by Crippen LogP contribution is 2.54. The number of benzene rings is 1. The van der Waals surface area contributed by atoms with E-state index in [-0.39, 0.29) is 18.0 Å². The maximum atomic E-state index is 11.9. The summed E-state index contributed by atoms with van der Waals surface area (Å²) < 4.78 is 6.50. The van der Waals surface area contributed by atoms with Gasteiger partial charge < -0.3 is 15.2 Å². The lowest BCUT2D eigenvalue weighted by Gasteiger charge is -2.29. The van der Waals surface area contributed by atoms with E-state index in [1.165, 1.54) is 23.1 Å². The van der Waals surface area contributed by atoms with Crippen molar-refractivity contribution < 1.29 is 19.4 Å². The molecule has 6 nitrogen and oxygen atoms in total. The van der Waals surface area contributed by atoms with E-state index in [0.29, 0.717) is 23.7 Å². The Morgan fingerprint density at radius 3 is 2.86 bits per heavy atom. The monoisotopic (exact) mass is 420 g/mol. The van der Waals surface area contributed by atoms with Gasteiger partial charge in [-0.05, 0) is 49.6 Å². The van der Waals surface area contributed by atoms with Crippen LogP contribution in [0.4, 0.5) is 0 Å². The molecule has 2 bridgehead atoms. The topological polar surface area (TPSA) is 78.9 Å². The molecule has 1 spiro atoms. The zero-order valence-corrected chi connectivity index (χ0v) is 18.3. The second-order valence-corrected chi connectivity index (χ2v) is 9.33. The highest BCUT2D eigenvalue weighted by Gasteiger charge is 2.62. The molecule has 0 radical (unpaired) electrons. The number of aryl methyl sites for hydroxylation is 2. The average molecular weight is 421 g/mol. The average Bonchev–Trinajstić information content (AvgIpc) is 3.32. The third kappa shape index (κ3) is 4.78. The Labute approximate surface area is 177 Å². The minimum Gasteiger partial charge on any atom is -0.483 e. The van der Waals surface area contributed by atoms with Gasteiger partial charge in [-0.25, -0.2) is 0 Å². The zero-order valence-electron chi connectivity index (χ0n) is 17.5. The molecule has 0 aromatic heterocycles. The third-order valence-corrected chi connectivity index (χ3v) is 7.19. The molecule has 0 saturated carbocycles. The number of hydrogen-bond donors (Lipinski definition) is 2. The minimum atomic E-state index is -0.250. The van der Waals surface area contributed by atoms with Crippen LogP contribution < -0.4 is 5.32 Å². The van der Waals surface area contributed by atoms with Crippen molar-refractivity contribution in [3.05, 3.63) is 34.9 Å². The molecule has 3 fully saturated rings. The first-order valence-corrected chi connectivity index (χ1v) is 11.6. The number of hydrogen-bond acceptors (Lipinski definition) is 5. The summed E-state index contributed by atoms with van der Waals surface area (Å²) in [6.07, 6.45) is 4.65. The Morgan fingerprint density at radius 1 is 1.41 bits per heavy atom. The summed E-state index contributed by atoms with van der Waals surface area (Å²) in [6, 6.07) is 6.80. The van der Waals surface area contributed by atoms with Gasteiger partial charge in [0.25, 0.3) is 6.47 Å². The second kappa shape index (κ2) is 9.49. The van der Waals surface area contributed by atoms with Crippen LogP contribution in [0.5, 0.6) is 0 Å². The molecule has 3 saturated heterocycles. The quantitative estimate of drug-likeness (QED) is 0.689. The van der Waals surface area contributed by atoms with Crippen LogP contribution in [0, 0.1) is 25.7 Å². The molecule has 160 valence electrons. The van der Waals surface area contributed by atoms with Crippen molar-refractivity contribution in [1.29, 1.82) is 0 Å². The van der Waals surface area contributed by atoms with E-state index in [1.807, 2.05) is 6.26 Å². The molecule has 1 aromatic rings. The van der Waals surface area contributed by atoms with Crippen LogP contribution in [-0.2, 0) is 20.9 Å². The van der Waals surface area contributed by atoms with Gasteiger partial charge in [0, 0.05) is 38.0 Å². The number of carboxylic acid groups (broad SMARTS) is 1. The van der Waals surface area contributed by atoms with Crippen molar-refractivity contribution in [2.75, 3.05) is 31.6 Å². The SMILES string of the molecule is CSCC(=O)NC[C@H]1[C@H]2CN(Cc3ccc(C)c(C)c3)C[C@]23CC[C@H]1O3.O=CO. The van der Waals surface area contributed by atoms with Crippen LogP contribution in [0.1, 0.15) is 29.5 Å². The molecule has 1 amide bonds. The molecule has 7 heteroatoms. The molecule has 29 heavy (non-hydrogen) atoms. The number of rotatable bonds is 6. The summed E-state index contributed by atoms with van der Waals surface area (Å²) in [4.78, 5) is 22.8. The fourth-order valence-corrected chi connectivity index (χ4v) is 5.62. The van der Waals surface area contributed by atoms with Gasteiger partial charge in [-0.3, -0.25) is 14.5 Å². The summed E-state index contributed by atoms with van der Waals surface area (Å²) in [7, 11) is 0. The molecular formula is C22H32N2O4S. The molecule has 1 aromatic carbocycles. The van der Waals surface area contributed by atoms with Crippen LogP contribution in [-0.4, -0.2) is 65.7 Å². The second-order valence-electron chi connectivity index (χ2n) is 8.46. The predicted octanol–water partition coefficient (Wildman–Crippen LogP) is 2.46. The largest absolute Gasteiger partial charge is 0.483 e. The van der Waals surface area contributed by atoms with Gasteiger partial charge in [-0.15, -0.1) is 0 Å². The standard InChI is InChI=1S/C21H30N2O2S.CH2O2/c1-14-4-5-16(8-15(14)2)10-23-11-18-17(9-22-20(24)12-26-3)19-6-7-21(18,13-23)25-19;2-1-3/h4-5,8,17-19H,6-7,9-13H2,1-3H3,(H,22,24);1H,(H,2,3)/t17-,18+,19+,21+;/m0./s1. The summed E-state index contributed by atoms with van der Waals surface area (Å²) in [5, 5.41) is 10.0. The normalized spacial score (nSPS) is 29.8. The van der Waals surface area contributed by atoms with Crippen LogP contribution in [0.2, 0.25) is 0 Å². The lowest BCUT2D eigenvalue weighted by molar-refractivity contribution is -0.123. The van der Waals surface area contributed by atoms with E-state index in [1.54, 1.807) is 11.8 Å². The lowest BCUT2D eigenvalue weighted by Crippen LogP contribution is -2.42. The number of likely N-dealkylation sites (tertiary alicyclic amines) is 1. The fourth-order valence-electron chi connectivity index (χ4n) is 5.25. The summed E-state index contributed by atoms with van der Waals surface area (Å²) >= 11 is 1.58. The Kier molecular flexibility index (Phi) is 7.24. The van der Waals surface area contributed by atoms with E-state index < -0.39 is 0 Å². The maximum absolute atomic E-state index is 11.9. The Bertz CT molecular complexity index is 744. The first-order chi connectivity index (χ1) is 13.9. The number of fused-ring (bicyclic) bond motifs is 1. The first-order valence-electron chi connectivity index (χ1n) is 10.2. The van der Waals surface area contributed by atoms with Crippen LogP contribution >= 0.6 is 11.8 Å². The molecule has 0 aliphatic carbocycles. The van der Waals surface area contributed by atoms with Gasteiger partial charge in [0.1, 0.15) is 0 Å². The lowest BCUT2D eigenvalue weighted by atomic mass is 9.73. The molecule has 2 N–H and O–H groups in total. The Hall–Kier alpha value is -1.57. The smallest absolute Gasteiger partial charge is 0.290 e. The highest BCUT2D eigenvalue weighted by atomic mass is 32.2. The molecule has 4 rings (SSSR count). The number of thioether (sulfide) groups is 1. The number of nitrogens with zero attached hydrogens (tertiary/aromatic N) is 1. The maximum Gasteiger partial charge on any atom is 0.290 e. The third-order valence-electron chi connectivity index (χ3n) is 6.64. The molecular weight excluding hydrogens is 388 g/mol. The Morgan fingerprint density at radius 2 is 2.17 bits per heavy atom. The van der Waals surface area contributed by atoms with Gasteiger partial charge in [0.05, 0.1) is 17.5 Å². The summed E-state index contributed by atoms with van der Waals surface area (Å²) in [5.74, 6) is 1.73. The van der Waals surface area contributed by atoms with Gasteiger partial charge in [-0.1, -0.05) is 18.2 Å². The number of carbonyl (C=O) groups is 2. The zero-order chi connectivity index (χ0) is 21.0. The number of amides is 1. The van der Waals surface area contributed by atoms with Crippen molar-refractivity contribution in [2.24, 2.45) is 11.8 Å². The molecule has 3 heterocycles. The van der Waals surface area contributed by atoms with Gasteiger partial charge >= 0.3 is 0 Å². The van der Waals surface area contributed by atoms with Crippen molar-refractivity contribution >= 4 is 24.1 Å². The molecule has 0 unspecified atom stereocenters. The van der Waals surface area contributed by atoms with E-state index in [4.69, 9.17) is 14.6 Å². The van der Waals surface area contributed by atoms with Gasteiger partial charge in [0.15, 0.2) is 0 Å². The fraction of sp³-hybridized carbons (Fsp3) is 0.636. The van der Waals surface area contributed by atoms with Crippen LogP contribution in [0.15, 0.2) is 18.2 Å². The molecule has 3 aliphatic rings.